The third-order valence-electron chi connectivity index (χ3n) is 2.52. The average molecular weight is 242 g/mol. The van der Waals surface area contributed by atoms with Crippen LogP contribution in [0, 0.1) is 25.2 Å². The summed E-state index contributed by atoms with van der Waals surface area (Å²) < 4.78 is 5.51. The second-order valence-electron chi connectivity index (χ2n) is 4.14. The molecule has 0 radical (unpaired) electrons. The second-order valence-corrected chi connectivity index (χ2v) is 4.14. The van der Waals surface area contributed by atoms with Crippen molar-refractivity contribution < 1.29 is 4.42 Å². The Morgan fingerprint density at radius 2 is 2.11 bits per heavy atom. The molecule has 0 aliphatic carbocycles. The molecular formula is C13H14N4O. The number of furan rings is 1. The van der Waals surface area contributed by atoms with Crippen molar-refractivity contribution in [2.45, 2.75) is 20.4 Å². The summed E-state index contributed by atoms with van der Waals surface area (Å²) in [4.78, 5) is 10.3. The van der Waals surface area contributed by atoms with Crippen LogP contribution in [0.5, 0.6) is 0 Å². The van der Waals surface area contributed by atoms with Crippen LogP contribution in [0.25, 0.3) is 0 Å². The molecule has 0 saturated carbocycles. The van der Waals surface area contributed by atoms with E-state index in [1.807, 2.05) is 37.1 Å². The van der Waals surface area contributed by atoms with Crippen LogP contribution in [0.2, 0.25) is 0 Å². The SMILES string of the molecule is Cc1nc(C#N)cc(N(C)Cc2ccc(C)o2)n1. The molecule has 2 rings (SSSR count). The Hall–Kier alpha value is -2.35. The maximum atomic E-state index is 8.88. The smallest absolute Gasteiger partial charge is 0.146 e. The van der Waals surface area contributed by atoms with E-state index in [0.29, 0.717) is 23.9 Å². The third-order valence-corrected chi connectivity index (χ3v) is 2.52. The van der Waals surface area contributed by atoms with E-state index in [1.54, 1.807) is 13.0 Å². The fourth-order valence-corrected chi connectivity index (χ4v) is 1.69. The lowest BCUT2D eigenvalue weighted by atomic mass is 10.3. The summed E-state index contributed by atoms with van der Waals surface area (Å²) in [5.41, 5.74) is 0.375. The Labute approximate surface area is 106 Å². The van der Waals surface area contributed by atoms with Gasteiger partial charge in [0.2, 0.25) is 0 Å². The highest BCUT2D eigenvalue weighted by molar-refractivity contribution is 5.42. The van der Waals surface area contributed by atoms with Crippen molar-refractivity contribution in [2.24, 2.45) is 0 Å². The standard InChI is InChI=1S/C13H14N4O/c1-9-4-5-12(18-9)8-17(3)13-6-11(7-14)15-10(2)16-13/h4-6H,8H2,1-3H3. The molecule has 0 N–H and O–H groups in total. The number of anilines is 1. The Morgan fingerprint density at radius 3 is 2.72 bits per heavy atom. The number of aryl methyl sites for hydroxylation is 2. The first kappa shape index (κ1) is 12.1. The molecule has 0 aliphatic rings. The molecule has 2 aromatic rings. The average Bonchev–Trinajstić information content (AvgIpc) is 2.73. The molecule has 0 bridgehead atoms. The highest BCUT2D eigenvalue weighted by atomic mass is 16.3. The van der Waals surface area contributed by atoms with E-state index in [9.17, 15) is 0 Å². The predicted octanol–water partition coefficient (Wildman–Crippen LogP) is 2.19. The molecular weight excluding hydrogens is 228 g/mol. The molecule has 0 saturated heterocycles. The molecule has 0 unspecified atom stereocenters. The molecule has 5 nitrogen and oxygen atoms in total. The molecule has 0 fully saturated rings. The van der Waals surface area contributed by atoms with Crippen molar-refractivity contribution in [1.29, 1.82) is 5.26 Å². The van der Waals surface area contributed by atoms with Gasteiger partial charge in [-0.05, 0) is 26.0 Å². The molecule has 0 aromatic carbocycles. The maximum Gasteiger partial charge on any atom is 0.146 e. The summed E-state index contributed by atoms with van der Waals surface area (Å²) in [5.74, 6) is 3.05. The van der Waals surface area contributed by atoms with Gasteiger partial charge in [-0.25, -0.2) is 9.97 Å². The first-order chi connectivity index (χ1) is 8.58. The minimum absolute atomic E-state index is 0.375. The fraction of sp³-hybridized carbons (Fsp3) is 0.308. The van der Waals surface area contributed by atoms with E-state index in [1.165, 1.54) is 0 Å². The van der Waals surface area contributed by atoms with Crippen molar-refractivity contribution in [2.75, 3.05) is 11.9 Å². The number of hydrogen-bond donors (Lipinski definition) is 0. The largest absolute Gasteiger partial charge is 0.464 e. The van der Waals surface area contributed by atoms with Crippen molar-refractivity contribution in [3.8, 4) is 6.07 Å². The van der Waals surface area contributed by atoms with Crippen LogP contribution in [-0.2, 0) is 6.54 Å². The monoisotopic (exact) mass is 242 g/mol. The van der Waals surface area contributed by atoms with Gasteiger partial charge in [0.25, 0.3) is 0 Å². The van der Waals surface area contributed by atoms with Gasteiger partial charge in [0.15, 0.2) is 0 Å². The van der Waals surface area contributed by atoms with Crippen LogP contribution in [0.1, 0.15) is 23.0 Å². The number of aromatic nitrogens is 2. The van der Waals surface area contributed by atoms with E-state index in [-0.39, 0.29) is 0 Å². The van der Waals surface area contributed by atoms with Crippen molar-refractivity contribution in [1.82, 2.24) is 9.97 Å². The van der Waals surface area contributed by atoms with E-state index in [2.05, 4.69) is 9.97 Å². The lowest BCUT2D eigenvalue weighted by Crippen LogP contribution is -2.18. The Bertz CT molecular complexity index is 597. The minimum Gasteiger partial charge on any atom is -0.464 e. The number of rotatable bonds is 3. The zero-order chi connectivity index (χ0) is 13.1. The molecule has 0 aliphatic heterocycles. The lowest BCUT2D eigenvalue weighted by molar-refractivity contribution is 0.481. The molecule has 2 heterocycles. The van der Waals surface area contributed by atoms with Crippen LogP contribution in [0.15, 0.2) is 22.6 Å². The van der Waals surface area contributed by atoms with Gasteiger partial charge in [0, 0.05) is 13.1 Å². The van der Waals surface area contributed by atoms with E-state index < -0.39 is 0 Å². The van der Waals surface area contributed by atoms with Crippen molar-refractivity contribution >= 4 is 5.82 Å². The van der Waals surface area contributed by atoms with Crippen LogP contribution in [-0.4, -0.2) is 17.0 Å². The summed E-state index contributed by atoms with van der Waals surface area (Å²) in [7, 11) is 1.90. The summed E-state index contributed by atoms with van der Waals surface area (Å²) >= 11 is 0. The highest BCUT2D eigenvalue weighted by Gasteiger charge is 2.09. The molecule has 0 atom stereocenters. The van der Waals surface area contributed by atoms with Crippen LogP contribution in [0.4, 0.5) is 5.82 Å². The number of nitrogens with zero attached hydrogens (tertiary/aromatic N) is 4. The Morgan fingerprint density at radius 1 is 1.33 bits per heavy atom. The zero-order valence-electron chi connectivity index (χ0n) is 10.6. The van der Waals surface area contributed by atoms with Gasteiger partial charge in [-0.2, -0.15) is 5.26 Å². The Balaban J connectivity index is 2.21. The Kier molecular flexibility index (Phi) is 3.28. The van der Waals surface area contributed by atoms with Crippen molar-refractivity contribution in [3.63, 3.8) is 0 Å². The minimum atomic E-state index is 0.375. The first-order valence-corrected chi connectivity index (χ1v) is 5.60. The van der Waals surface area contributed by atoms with Gasteiger partial charge in [0.1, 0.15) is 34.9 Å². The highest BCUT2D eigenvalue weighted by Crippen LogP contribution is 2.15. The van der Waals surface area contributed by atoms with E-state index >= 15 is 0 Å². The topological polar surface area (TPSA) is 66.0 Å². The van der Waals surface area contributed by atoms with Gasteiger partial charge in [-0.15, -0.1) is 0 Å². The fourth-order valence-electron chi connectivity index (χ4n) is 1.69. The number of nitriles is 1. The third kappa shape index (κ3) is 2.66. The van der Waals surface area contributed by atoms with Gasteiger partial charge in [0.05, 0.1) is 6.54 Å². The van der Waals surface area contributed by atoms with Gasteiger partial charge in [-0.3, -0.25) is 0 Å². The van der Waals surface area contributed by atoms with Gasteiger partial charge in [-0.1, -0.05) is 0 Å². The summed E-state index contributed by atoms with van der Waals surface area (Å²) in [6.45, 7) is 4.29. The normalized spacial score (nSPS) is 10.1. The number of hydrogen-bond acceptors (Lipinski definition) is 5. The van der Waals surface area contributed by atoms with Crippen LogP contribution >= 0.6 is 0 Å². The van der Waals surface area contributed by atoms with Crippen LogP contribution < -0.4 is 4.90 Å². The first-order valence-electron chi connectivity index (χ1n) is 5.60. The molecule has 2 aromatic heterocycles. The van der Waals surface area contributed by atoms with Crippen molar-refractivity contribution in [3.05, 3.63) is 41.2 Å². The molecule has 92 valence electrons. The molecule has 0 amide bonds. The quantitative estimate of drug-likeness (QED) is 0.825. The summed E-state index contributed by atoms with van der Waals surface area (Å²) in [6, 6.07) is 7.56. The zero-order valence-corrected chi connectivity index (χ0v) is 10.6. The maximum absolute atomic E-state index is 8.88. The summed E-state index contributed by atoms with van der Waals surface area (Å²) in [6.07, 6.45) is 0. The van der Waals surface area contributed by atoms with Crippen LogP contribution in [0.3, 0.4) is 0 Å². The van der Waals surface area contributed by atoms with Gasteiger partial charge < -0.3 is 9.32 Å². The second kappa shape index (κ2) is 4.88. The van der Waals surface area contributed by atoms with Gasteiger partial charge >= 0.3 is 0 Å². The summed E-state index contributed by atoms with van der Waals surface area (Å²) in [5, 5.41) is 8.88. The molecule has 0 spiro atoms. The lowest BCUT2D eigenvalue weighted by Gasteiger charge is -2.17. The van der Waals surface area contributed by atoms with E-state index in [0.717, 1.165) is 11.5 Å². The molecule has 5 heteroatoms. The predicted molar refractivity (Wildman–Crippen MR) is 67.0 cm³/mol. The van der Waals surface area contributed by atoms with E-state index in [4.69, 9.17) is 9.68 Å². The molecule has 18 heavy (non-hydrogen) atoms.